The summed E-state index contributed by atoms with van der Waals surface area (Å²) in [7, 11) is 1.50. The minimum absolute atomic E-state index is 0.113. The molecule has 0 radical (unpaired) electrons. The molecule has 0 unspecified atom stereocenters. The van der Waals surface area contributed by atoms with Crippen molar-refractivity contribution in [1.29, 1.82) is 0 Å². The van der Waals surface area contributed by atoms with E-state index in [-0.39, 0.29) is 11.0 Å². The SMILES string of the molecule is COc1ccc(Nc2cc(C(C)(C)C)nn2-c2ccccc2CN)c(C(=O)O)c1. The lowest BCUT2D eigenvalue weighted by Gasteiger charge is -2.15. The molecule has 0 aliphatic heterocycles. The van der Waals surface area contributed by atoms with Crippen molar-refractivity contribution >= 4 is 17.5 Å². The number of hydrogen-bond acceptors (Lipinski definition) is 5. The highest BCUT2D eigenvalue weighted by atomic mass is 16.5. The maximum Gasteiger partial charge on any atom is 0.337 e. The van der Waals surface area contributed by atoms with Crippen molar-refractivity contribution in [2.45, 2.75) is 32.7 Å². The molecule has 0 aliphatic carbocycles. The third kappa shape index (κ3) is 4.25. The fraction of sp³-hybridized carbons (Fsp3) is 0.273. The van der Waals surface area contributed by atoms with Gasteiger partial charge in [-0.15, -0.1) is 0 Å². The Kier molecular flexibility index (Phi) is 5.61. The van der Waals surface area contributed by atoms with Crippen LogP contribution in [-0.2, 0) is 12.0 Å². The number of hydrogen-bond donors (Lipinski definition) is 3. The molecule has 0 aliphatic rings. The maximum absolute atomic E-state index is 11.8. The van der Waals surface area contributed by atoms with Crippen LogP contribution in [0.4, 0.5) is 11.5 Å². The number of benzene rings is 2. The average Bonchev–Trinajstić information content (AvgIpc) is 3.12. The van der Waals surface area contributed by atoms with Gasteiger partial charge < -0.3 is 20.9 Å². The van der Waals surface area contributed by atoms with Crippen molar-refractivity contribution in [1.82, 2.24) is 9.78 Å². The van der Waals surface area contributed by atoms with Crippen molar-refractivity contribution < 1.29 is 14.6 Å². The Balaban J connectivity index is 2.15. The highest BCUT2D eigenvalue weighted by Gasteiger charge is 2.22. The summed E-state index contributed by atoms with van der Waals surface area (Å²) in [6, 6.07) is 14.6. The van der Waals surface area contributed by atoms with Gasteiger partial charge in [-0.2, -0.15) is 5.10 Å². The van der Waals surface area contributed by atoms with Gasteiger partial charge in [-0.1, -0.05) is 39.0 Å². The molecule has 4 N–H and O–H groups in total. The average molecular weight is 394 g/mol. The van der Waals surface area contributed by atoms with Crippen molar-refractivity contribution in [3.8, 4) is 11.4 Å². The molecule has 0 fully saturated rings. The van der Waals surface area contributed by atoms with Crippen LogP contribution in [0, 0.1) is 0 Å². The summed E-state index contributed by atoms with van der Waals surface area (Å²) in [5, 5.41) is 17.7. The smallest absolute Gasteiger partial charge is 0.337 e. The summed E-state index contributed by atoms with van der Waals surface area (Å²) in [4.78, 5) is 11.8. The highest BCUT2D eigenvalue weighted by molar-refractivity contribution is 5.95. The molecule has 2 aromatic carbocycles. The van der Waals surface area contributed by atoms with Gasteiger partial charge in [0, 0.05) is 18.0 Å². The van der Waals surface area contributed by atoms with Gasteiger partial charge in [0.25, 0.3) is 0 Å². The number of para-hydroxylation sites is 1. The number of rotatable bonds is 6. The van der Waals surface area contributed by atoms with Gasteiger partial charge in [0.05, 0.1) is 29.7 Å². The van der Waals surface area contributed by atoms with Crippen LogP contribution in [0.2, 0.25) is 0 Å². The summed E-state index contributed by atoms with van der Waals surface area (Å²) in [6.07, 6.45) is 0. The lowest BCUT2D eigenvalue weighted by atomic mass is 9.92. The summed E-state index contributed by atoms with van der Waals surface area (Å²) >= 11 is 0. The Morgan fingerprint density at radius 1 is 1.21 bits per heavy atom. The molecular formula is C22H26N4O3. The topological polar surface area (TPSA) is 102 Å². The van der Waals surface area contributed by atoms with Crippen molar-refractivity contribution in [3.05, 3.63) is 65.4 Å². The predicted octanol–water partition coefficient (Wildman–Crippen LogP) is 4.08. The van der Waals surface area contributed by atoms with Crippen LogP contribution in [-0.4, -0.2) is 28.0 Å². The van der Waals surface area contributed by atoms with Crippen molar-refractivity contribution in [3.63, 3.8) is 0 Å². The number of anilines is 2. The lowest BCUT2D eigenvalue weighted by Crippen LogP contribution is -2.13. The first-order valence-corrected chi connectivity index (χ1v) is 9.32. The minimum atomic E-state index is -1.05. The van der Waals surface area contributed by atoms with Crippen molar-refractivity contribution in [2.75, 3.05) is 12.4 Å². The molecule has 0 spiro atoms. The zero-order chi connectivity index (χ0) is 21.2. The van der Waals surface area contributed by atoms with E-state index in [0.717, 1.165) is 16.9 Å². The first-order chi connectivity index (χ1) is 13.7. The third-order valence-corrected chi connectivity index (χ3v) is 4.64. The molecule has 0 amide bonds. The van der Waals surface area contributed by atoms with E-state index in [9.17, 15) is 9.90 Å². The van der Waals surface area contributed by atoms with E-state index in [0.29, 0.717) is 23.8 Å². The summed E-state index contributed by atoms with van der Waals surface area (Å²) in [6.45, 7) is 6.60. The number of aromatic nitrogens is 2. The highest BCUT2D eigenvalue weighted by Crippen LogP contribution is 2.31. The van der Waals surface area contributed by atoms with Gasteiger partial charge >= 0.3 is 5.97 Å². The van der Waals surface area contributed by atoms with Crippen LogP contribution < -0.4 is 15.8 Å². The molecular weight excluding hydrogens is 368 g/mol. The van der Waals surface area contributed by atoms with Crippen LogP contribution in [0.25, 0.3) is 5.69 Å². The Labute approximate surface area is 170 Å². The molecule has 3 aromatic rings. The Bertz CT molecular complexity index is 1030. The van der Waals surface area contributed by atoms with Gasteiger partial charge in [-0.25, -0.2) is 9.48 Å². The third-order valence-electron chi connectivity index (χ3n) is 4.64. The van der Waals surface area contributed by atoms with E-state index in [2.05, 4.69) is 26.1 Å². The van der Waals surface area contributed by atoms with Gasteiger partial charge in [0.2, 0.25) is 0 Å². The molecule has 7 nitrogen and oxygen atoms in total. The quantitative estimate of drug-likeness (QED) is 0.582. The molecule has 0 saturated heterocycles. The van der Waals surface area contributed by atoms with E-state index < -0.39 is 5.97 Å². The Morgan fingerprint density at radius 2 is 1.93 bits per heavy atom. The predicted molar refractivity (Wildman–Crippen MR) is 113 cm³/mol. The van der Waals surface area contributed by atoms with Crippen LogP contribution in [0.5, 0.6) is 5.75 Å². The molecule has 0 atom stereocenters. The number of ether oxygens (including phenoxy) is 1. The fourth-order valence-corrected chi connectivity index (χ4v) is 2.98. The molecule has 152 valence electrons. The molecule has 29 heavy (non-hydrogen) atoms. The molecule has 1 aromatic heterocycles. The van der Waals surface area contributed by atoms with E-state index in [1.165, 1.54) is 13.2 Å². The number of carboxylic acid groups (broad SMARTS) is 1. The maximum atomic E-state index is 11.8. The number of nitrogens with two attached hydrogens (primary N) is 1. The molecule has 0 saturated carbocycles. The minimum Gasteiger partial charge on any atom is -0.497 e. The standard InChI is InChI=1S/C22H26N4O3/c1-22(2,3)19-12-20(26(25-19)18-8-6-5-7-14(18)13-23)24-17-10-9-15(29-4)11-16(17)21(27)28/h5-12,24H,13,23H2,1-4H3,(H,27,28). The number of carboxylic acids is 1. The summed E-state index contributed by atoms with van der Waals surface area (Å²) in [5.41, 5.74) is 8.96. The van der Waals surface area contributed by atoms with Crippen molar-refractivity contribution in [2.24, 2.45) is 5.73 Å². The number of aromatic carboxylic acids is 1. The van der Waals surface area contributed by atoms with Gasteiger partial charge in [-0.05, 0) is 29.8 Å². The zero-order valence-electron chi connectivity index (χ0n) is 17.1. The van der Waals surface area contributed by atoms with Crippen LogP contribution >= 0.6 is 0 Å². The van der Waals surface area contributed by atoms with Crippen LogP contribution in [0.15, 0.2) is 48.5 Å². The number of carbonyl (C=O) groups is 1. The molecule has 1 heterocycles. The second kappa shape index (κ2) is 7.97. The first kappa shape index (κ1) is 20.4. The molecule has 3 rings (SSSR count). The number of nitrogens with one attached hydrogen (secondary N) is 1. The van der Waals surface area contributed by atoms with E-state index >= 15 is 0 Å². The summed E-state index contributed by atoms with van der Waals surface area (Å²) < 4.78 is 6.94. The number of methoxy groups -OCH3 is 1. The van der Waals surface area contributed by atoms with Crippen LogP contribution in [0.3, 0.4) is 0 Å². The summed E-state index contributed by atoms with van der Waals surface area (Å²) in [5.74, 6) is 0.0877. The molecule has 0 bridgehead atoms. The van der Waals surface area contributed by atoms with E-state index in [1.807, 2.05) is 30.3 Å². The fourth-order valence-electron chi connectivity index (χ4n) is 2.98. The molecule has 7 heteroatoms. The van der Waals surface area contributed by atoms with Crippen LogP contribution in [0.1, 0.15) is 42.4 Å². The van der Waals surface area contributed by atoms with E-state index in [1.54, 1.807) is 16.8 Å². The van der Waals surface area contributed by atoms with Gasteiger partial charge in [-0.3, -0.25) is 0 Å². The number of nitrogens with zero attached hydrogens (tertiary/aromatic N) is 2. The monoisotopic (exact) mass is 394 g/mol. The van der Waals surface area contributed by atoms with Gasteiger partial charge in [0.1, 0.15) is 11.6 Å². The van der Waals surface area contributed by atoms with Gasteiger partial charge in [0.15, 0.2) is 0 Å². The lowest BCUT2D eigenvalue weighted by molar-refractivity contribution is 0.0697. The Morgan fingerprint density at radius 3 is 2.55 bits per heavy atom. The second-order valence-corrected chi connectivity index (χ2v) is 7.75. The normalized spacial score (nSPS) is 11.3. The zero-order valence-corrected chi connectivity index (χ0v) is 17.1. The Hall–Kier alpha value is -3.32. The largest absolute Gasteiger partial charge is 0.497 e. The van der Waals surface area contributed by atoms with E-state index in [4.69, 9.17) is 15.6 Å². The second-order valence-electron chi connectivity index (χ2n) is 7.75. The first-order valence-electron chi connectivity index (χ1n) is 9.32.